The van der Waals surface area contributed by atoms with E-state index in [1.807, 2.05) is 0 Å². The standard InChI is InChI=1S/C17H23N3O2.ClH/c18-17(10-2-1-3-11-17)16(22)20-14-6-4-12(5-7-14)15(21)19-13-8-9-13;/h4-7,13H,1-3,8-11,18H2,(H,19,21)(H,20,22);1H. The number of nitrogens with two attached hydrogens (primary N) is 1. The molecule has 2 amide bonds. The van der Waals surface area contributed by atoms with Gasteiger partial charge in [0.05, 0.1) is 5.54 Å². The Morgan fingerprint density at radius 3 is 2.22 bits per heavy atom. The number of nitrogens with one attached hydrogen (secondary N) is 2. The maximum Gasteiger partial charge on any atom is 0.251 e. The van der Waals surface area contributed by atoms with Crippen LogP contribution in [0.3, 0.4) is 0 Å². The number of hydrogen-bond donors (Lipinski definition) is 3. The van der Waals surface area contributed by atoms with Crippen molar-refractivity contribution in [1.29, 1.82) is 0 Å². The number of rotatable bonds is 4. The van der Waals surface area contributed by atoms with Gasteiger partial charge in [-0.3, -0.25) is 9.59 Å². The maximum absolute atomic E-state index is 12.3. The molecule has 2 aliphatic rings. The van der Waals surface area contributed by atoms with Crippen LogP contribution >= 0.6 is 12.4 Å². The number of carbonyl (C=O) groups excluding carboxylic acids is 2. The maximum atomic E-state index is 12.3. The molecule has 126 valence electrons. The Bertz CT molecular complexity index is 564. The minimum Gasteiger partial charge on any atom is -0.349 e. The summed E-state index contributed by atoms with van der Waals surface area (Å²) < 4.78 is 0. The van der Waals surface area contributed by atoms with Gasteiger partial charge in [-0.15, -0.1) is 12.4 Å². The highest BCUT2D eigenvalue weighted by atomic mass is 35.5. The molecular formula is C17H24ClN3O2. The highest BCUT2D eigenvalue weighted by Crippen LogP contribution is 2.27. The van der Waals surface area contributed by atoms with Crippen molar-refractivity contribution in [2.24, 2.45) is 5.73 Å². The van der Waals surface area contributed by atoms with Gasteiger partial charge in [0.15, 0.2) is 0 Å². The molecule has 1 aromatic carbocycles. The average molecular weight is 338 g/mol. The lowest BCUT2D eigenvalue weighted by molar-refractivity contribution is -0.122. The predicted molar refractivity (Wildman–Crippen MR) is 92.8 cm³/mol. The van der Waals surface area contributed by atoms with Crippen LogP contribution in [0.15, 0.2) is 24.3 Å². The van der Waals surface area contributed by atoms with Crippen LogP contribution in [0.1, 0.15) is 55.3 Å². The summed E-state index contributed by atoms with van der Waals surface area (Å²) in [6.45, 7) is 0. The van der Waals surface area contributed by atoms with Gasteiger partial charge < -0.3 is 16.4 Å². The van der Waals surface area contributed by atoms with Gasteiger partial charge in [0.2, 0.25) is 5.91 Å². The number of amides is 2. The summed E-state index contributed by atoms with van der Waals surface area (Å²) in [6, 6.07) is 7.32. The van der Waals surface area contributed by atoms with E-state index in [1.54, 1.807) is 24.3 Å². The lowest BCUT2D eigenvalue weighted by Gasteiger charge is -2.31. The van der Waals surface area contributed by atoms with E-state index in [9.17, 15) is 9.59 Å². The van der Waals surface area contributed by atoms with Crippen molar-refractivity contribution in [3.63, 3.8) is 0 Å². The molecule has 3 rings (SSSR count). The van der Waals surface area contributed by atoms with E-state index in [0.717, 1.165) is 44.9 Å². The minimum atomic E-state index is -0.750. The zero-order chi connectivity index (χ0) is 15.6. The average Bonchev–Trinajstić information content (AvgIpc) is 3.32. The minimum absolute atomic E-state index is 0. The van der Waals surface area contributed by atoms with Crippen LogP contribution in [0, 0.1) is 0 Å². The van der Waals surface area contributed by atoms with Crippen LogP contribution in [-0.4, -0.2) is 23.4 Å². The summed E-state index contributed by atoms with van der Waals surface area (Å²) in [5.41, 5.74) is 6.76. The van der Waals surface area contributed by atoms with Gasteiger partial charge in [-0.2, -0.15) is 0 Å². The fourth-order valence-corrected chi connectivity index (χ4v) is 2.87. The fourth-order valence-electron chi connectivity index (χ4n) is 2.87. The topological polar surface area (TPSA) is 84.2 Å². The van der Waals surface area contributed by atoms with Gasteiger partial charge in [0.25, 0.3) is 5.91 Å². The van der Waals surface area contributed by atoms with Crippen LogP contribution in [0.4, 0.5) is 5.69 Å². The third-order valence-electron chi connectivity index (χ3n) is 4.52. The van der Waals surface area contributed by atoms with E-state index in [2.05, 4.69) is 10.6 Å². The summed E-state index contributed by atoms with van der Waals surface area (Å²) in [4.78, 5) is 24.3. The molecule has 0 spiro atoms. The lowest BCUT2D eigenvalue weighted by Crippen LogP contribution is -2.52. The molecule has 0 saturated heterocycles. The molecule has 0 heterocycles. The number of carbonyl (C=O) groups is 2. The number of hydrogen-bond acceptors (Lipinski definition) is 3. The SMILES string of the molecule is Cl.NC1(C(=O)Nc2ccc(C(=O)NC3CC3)cc2)CCCCC1. The van der Waals surface area contributed by atoms with Crippen molar-refractivity contribution < 1.29 is 9.59 Å². The molecule has 2 aliphatic carbocycles. The first-order valence-corrected chi connectivity index (χ1v) is 8.08. The molecule has 6 heteroatoms. The third kappa shape index (κ3) is 4.45. The number of anilines is 1. The molecule has 2 saturated carbocycles. The van der Waals surface area contributed by atoms with Crippen molar-refractivity contribution in [2.75, 3.05) is 5.32 Å². The van der Waals surface area contributed by atoms with E-state index in [0.29, 0.717) is 17.3 Å². The van der Waals surface area contributed by atoms with Crippen molar-refractivity contribution in [3.8, 4) is 0 Å². The predicted octanol–water partition coefficient (Wildman–Crippen LogP) is 2.60. The molecule has 0 atom stereocenters. The Hall–Kier alpha value is -1.59. The first kappa shape index (κ1) is 17.8. The van der Waals surface area contributed by atoms with Crippen molar-refractivity contribution in [1.82, 2.24) is 5.32 Å². The smallest absolute Gasteiger partial charge is 0.251 e. The van der Waals surface area contributed by atoms with Gasteiger partial charge in [-0.05, 0) is 49.9 Å². The second kappa shape index (κ2) is 7.32. The second-order valence-corrected chi connectivity index (χ2v) is 6.50. The third-order valence-corrected chi connectivity index (χ3v) is 4.52. The van der Waals surface area contributed by atoms with E-state index in [4.69, 9.17) is 5.73 Å². The molecular weight excluding hydrogens is 314 g/mol. The summed E-state index contributed by atoms with van der Waals surface area (Å²) in [7, 11) is 0. The Balaban J connectivity index is 0.00000192. The normalized spacial score (nSPS) is 19.3. The van der Waals surface area contributed by atoms with Gasteiger partial charge in [-0.25, -0.2) is 0 Å². The van der Waals surface area contributed by atoms with Crippen LogP contribution in [0.5, 0.6) is 0 Å². The quantitative estimate of drug-likeness (QED) is 0.789. The van der Waals surface area contributed by atoms with E-state index in [-0.39, 0.29) is 24.2 Å². The van der Waals surface area contributed by atoms with Gasteiger partial charge in [0, 0.05) is 17.3 Å². The zero-order valence-corrected chi connectivity index (χ0v) is 14.0. The molecule has 0 aromatic heterocycles. The summed E-state index contributed by atoms with van der Waals surface area (Å²) in [5.74, 6) is -0.176. The molecule has 0 unspecified atom stereocenters. The highest BCUT2D eigenvalue weighted by Gasteiger charge is 2.35. The second-order valence-electron chi connectivity index (χ2n) is 6.50. The molecule has 0 aliphatic heterocycles. The van der Waals surface area contributed by atoms with E-state index >= 15 is 0 Å². The Morgan fingerprint density at radius 2 is 1.65 bits per heavy atom. The van der Waals surface area contributed by atoms with Crippen molar-refractivity contribution in [2.45, 2.75) is 56.5 Å². The van der Waals surface area contributed by atoms with Crippen LogP contribution in [0.25, 0.3) is 0 Å². The van der Waals surface area contributed by atoms with Crippen LogP contribution in [-0.2, 0) is 4.79 Å². The van der Waals surface area contributed by atoms with Crippen LogP contribution < -0.4 is 16.4 Å². The first-order valence-electron chi connectivity index (χ1n) is 8.08. The first-order chi connectivity index (χ1) is 10.6. The van der Waals surface area contributed by atoms with Gasteiger partial charge in [-0.1, -0.05) is 19.3 Å². The number of benzene rings is 1. The molecule has 2 fully saturated rings. The molecule has 1 aromatic rings. The molecule has 4 N–H and O–H groups in total. The van der Waals surface area contributed by atoms with E-state index in [1.165, 1.54) is 0 Å². The Morgan fingerprint density at radius 1 is 1.04 bits per heavy atom. The highest BCUT2D eigenvalue weighted by molar-refractivity contribution is 5.99. The zero-order valence-electron chi connectivity index (χ0n) is 13.1. The largest absolute Gasteiger partial charge is 0.349 e. The molecule has 5 nitrogen and oxygen atoms in total. The monoisotopic (exact) mass is 337 g/mol. The molecule has 23 heavy (non-hydrogen) atoms. The van der Waals surface area contributed by atoms with Crippen molar-refractivity contribution >= 4 is 29.9 Å². The molecule has 0 bridgehead atoms. The Labute approximate surface area is 142 Å². The van der Waals surface area contributed by atoms with Gasteiger partial charge in [0.1, 0.15) is 0 Å². The summed E-state index contributed by atoms with van der Waals surface area (Å²) in [5, 5.41) is 5.82. The summed E-state index contributed by atoms with van der Waals surface area (Å²) in [6.07, 6.45) is 6.77. The van der Waals surface area contributed by atoms with Gasteiger partial charge >= 0.3 is 0 Å². The molecule has 0 radical (unpaired) electrons. The lowest BCUT2D eigenvalue weighted by atomic mass is 9.82. The fraction of sp³-hybridized carbons (Fsp3) is 0.529. The Kier molecular flexibility index (Phi) is 5.65. The van der Waals surface area contributed by atoms with E-state index < -0.39 is 5.54 Å². The number of halogens is 1. The summed E-state index contributed by atoms with van der Waals surface area (Å²) >= 11 is 0. The van der Waals surface area contributed by atoms with Crippen molar-refractivity contribution in [3.05, 3.63) is 29.8 Å². The van der Waals surface area contributed by atoms with Crippen LogP contribution in [0.2, 0.25) is 0 Å².